The van der Waals surface area contributed by atoms with Gasteiger partial charge in [-0.25, -0.2) is 9.59 Å². The van der Waals surface area contributed by atoms with E-state index in [1.165, 1.54) is 6.07 Å². The van der Waals surface area contributed by atoms with E-state index >= 15 is 0 Å². The number of esters is 2. The van der Waals surface area contributed by atoms with Gasteiger partial charge in [0.05, 0.1) is 12.2 Å². The molecule has 19 heavy (non-hydrogen) atoms. The maximum Gasteiger partial charge on any atom is 0.344 e. The van der Waals surface area contributed by atoms with Crippen LogP contribution in [0.4, 0.5) is 5.69 Å². The molecule has 0 radical (unpaired) electrons. The molecule has 0 saturated heterocycles. The van der Waals surface area contributed by atoms with Gasteiger partial charge in [0.1, 0.15) is 0 Å². The largest absolute Gasteiger partial charge is 0.463 e. The lowest BCUT2D eigenvalue weighted by Gasteiger charge is -2.06. The van der Waals surface area contributed by atoms with Crippen LogP contribution in [0.3, 0.4) is 0 Å². The van der Waals surface area contributed by atoms with Crippen LogP contribution >= 0.6 is 15.9 Å². The van der Waals surface area contributed by atoms with E-state index in [1.54, 1.807) is 12.1 Å². The average Bonchev–Trinajstić information content (AvgIpc) is 2.35. The molecule has 0 spiro atoms. The molecule has 0 aliphatic heterocycles. The Kier molecular flexibility index (Phi) is 6.35. The SMILES string of the molecule is CCCCOC(=O)COC(=O)c1cc(N)cc(Br)c1. The van der Waals surface area contributed by atoms with Crippen molar-refractivity contribution in [1.82, 2.24) is 0 Å². The van der Waals surface area contributed by atoms with Crippen molar-refractivity contribution in [1.29, 1.82) is 0 Å². The minimum Gasteiger partial charge on any atom is -0.463 e. The van der Waals surface area contributed by atoms with Crippen LogP contribution < -0.4 is 5.73 Å². The van der Waals surface area contributed by atoms with Crippen LogP contribution in [-0.2, 0) is 14.3 Å². The zero-order chi connectivity index (χ0) is 14.3. The first-order chi connectivity index (χ1) is 9.02. The van der Waals surface area contributed by atoms with Crippen LogP contribution in [0.2, 0.25) is 0 Å². The van der Waals surface area contributed by atoms with Gasteiger partial charge in [-0.2, -0.15) is 0 Å². The van der Waals surface area contributed by atoms with Crippen LogP contribution in [-0.4, -0.2) is 25.2 Å². The fourth-order valence-corrected chi connectivity index (χ4v) is 1.82. The van der Waals surface area contributed by atoms with Crippen molar-refractivity contribution in [3.05, 3.63) is 28.2 Å². The highest BCUT2D eigenvalue weighted by atomic mass is 79.9. The molecule has 0 bridgehead atoms. The van der Waals surface area contributed by atoms with E-state index in [0.717, 1.165) is 12.8 Å². The molecule has 0 aliphatic carbocycles. The quantitative estimate of drug-likeness (QED) is 0.493. The highest BCUT2D eigenvalue weighted by molar-refractivity contribution is 9.10. The minimum atomic E-state index is -0.611. The molecule has 1 aromatic rings. The summed E-state index contributed by atoms with van der Waals surface area (Å²) < 4.78 is 10.4. The summed E-state index contributed by atoms with van der Waals surface area (Å²) in [4.78, 5) is 22.9. The Morgan fingerprint density at radius 1 is 1.26 bits per heavy atom. The van der Waals surface area contributed by atoms with Crippen LogP contribution in [0, 0.1) is 0 Å². The van der Waals surface area contributed by atoms with Crippen molar-refractivity contribution in [2.24, 2.45) is 0 Å². The Morgan fingerprint density at radius 3 is 2.63 bits per heavy atom. The number of hydrogen-bond acceptors (Lipinski definition) is 5. The fraction of sp³-hybridized carbons (Fsp3) is 0.385. The number of nitrogen functional groups attached to an aromatic ring is 1. The van der Waals surface area contributed by atoms with Crippen LogP contribution in [0.5, 0.6) is 0 Å². The van der Waals surface area contributed by atoms with Gasteiger partial charge in [0, 0.05) is 10.2 Å². The van der Waals surface area contributed by atoms with Gasteiger partial charge in [0.15, 0.2) is 6.61 Å². The Bertz CT molecular complexity index is 442. The summed E-state index contributed by atoms with van der Waals surface area (Å²) in [6, 6.07) is 4.71. The second-order valence-electron chi connectivity index (χ2n) is 3.92. The highest BCUT2D eigenvalue weighted by Crippen LogP contribution is 2.17. The number of rotatable bonds is 6. The standard InChI is InChI=1S/C13H16BrNO4/c1-2-3-4-18-12(16)8-19-13(17)9-5-10(14)7-11(15)6-9/h5-7H,2-4,8,15H2,1H3. The minimum absolute atomic E-state index is 0.285. The Labute approximate surface area is 120 Å². The number of unbranched alkanes of at least 4 members (excludes halogenated alkanes) is 1. The molecule has 1 rings (SSSR count). The summed E-state index contributed by atoms with van der Waals surface area (Å²) in [7, 11) is 0. The van der Waals surface area contributed by atoms with Crippen molar-refractivity contribution in [3.63, 3.8) is 0 Å². The second kappa shape index (κ2) is 7.78. The van der Waals surface area contributed by atoms with E-state index in [1.807, 2.05) is 6.92 Å². The number of hydrogen-bond donors (Lipinski definition) is 1. The van der Waals surface area contributed by atoms with Gasteiger partial charge in [-0.3, -0.25) is 0 Å². The summed E-state index contributed by atoms with van der Waals surface area (Å²) >= 11 is 3.22. The van der Waals surface area contributed by atoms with Crippen molar-refractivity contribution in [2.45, 2.75) is 19.8 Å². The number of ether oxygens (including phenoxy) is 2. The predicted octanol–water partition coefficient (Wildman–Crippen LogP) is 2.53. The van der Waals surface area contributed by atoms with E-state index < -0.39 is 18.5 Å². The molecule has 2 N–H and O–H groups in total. The van der Waals surface area contributed by atoms with Crippen LogP contribution in [0.15, 0.2) is 22.7 Å². The van der Waals surface area contributed by atoms with E-state index in [-0.39, 0.29) is 5.56 Å². The lowest BCUT2D eigenvalue weighted by molar-refractivity contribution is -0.147. The molecule has 1 aromatic carbocycles. The van der Waals surface area contributed by atoms with Crippen molar-refractivity contribution >= 4 is 33.6 Å². The number of anilines is 1. The molecular formula is C13H16BrNO4. The average molecular weight is 330 g/mol. The number of carbonyl (C=O) groups excluding carboxylic acids is 2. The van der Waals surface area contributed by atoms with Gasteiger partial charge in [0.25, 0.3) is 0 Å². The smallest absolute Gasteiger partial charge is 0.344 e. The van der Waals surface area contributed by atoms with Gasteiger partial charge in [-0.05, 0) is 24.6 Å². The summed E-state index contributed by atoms with van der Waals surface area (Å²) in [5, 5.41) is 0. The number of carbonyl (C=O) groups is 2. The fourth-order valence-electron chi connectivity index (χ4n) is 1.31. The molecule has 0 aromatic heterocycles. The zero-order valence-electron chi connectivity index (χ0n) is 10.6. The van der Waals surface area contributed by atoms with E-state index in [9.17, 15) is 9.59 Å². The highest BCUT2D eigenvalue weighted by Gasteiger charge is 2.12. The van der Waals surface area contributed by atoms with Crippen LogP contribution in [0.25, 0.3) is 0 Å². The monoisotopic (exact) mass is 329 g/mol. The molecule has 0 saturated carbocycles. The maximum absolute atomic E-state index is 11.7. The van der Waals surface area contributed by atoms with Crippen molar-refractivity contribution in [3.8, 4) is 0 Å². The predicted molar refractivity (Wildman–Crippen MR) is 74.7 cm³/mol. The Hall–Kier alpha value is -1.56. The number of benzene rings is 1. The molecule has 5 nitrogen and oxygen atoms in total. The molecule has 0 atom stereocenters. The molecular weight excluding hydrogens is 314 g/mol. The first-order valence-corrected chi connectivity index (χ1v) is 6.71. The Morgan fingerprint density at radius 2 is 2.00 bits per heavy atom. The molecule has 6 heteroatoms. The third kappa shape index (κ3) is 5.74. The molecule has 0 heterocycles. The van der Waals surface area contributed by atoms with E-state index in [2.05, 4.69) is 15.9 Å². The third-order valence-electron chi connectivity index (χ3n) is 2.24. The molecule has 0 aliphatic rings. The lowest BCUT2D eigenvalue weighted by Crippen LogP contribution is -2.17. The maximum atomic E-state index is 11.7. The summed E-state index contributed by atoms with van der Waals surface area (Å²) in [6.45, 7) is 1.94. The third-order valence-corrected chi connectivity index (χ3v) is 2.70. The van der Waals surface area contributed by atoms with Gasteiger partial charge in [0.2, 0.25) is 0 Å². The molecule has 0 amide bonds. The van der Waals surface area contributed by atoms with E-state index in [4.69, 9.17) is 15.2 Å². The first-order valence-electron chi connectivity index (χ1n) is 5.91. The molecule has 0 unspecified atom stereocenters. The van der Waals surface area contributed by atoms with Crippen molar-refractivity contribution < 1.29 is 19.1 Å². The summed E-state index contributed by atoms with van der Waals surface area (Å²) in [5.74, 6) is -1.16. The van der Waals surface area contributed by atoms with Gasteiger partial charge < -0.3 is 15.2 Å². The van der Waals surface area contributed by atoms with Gasteiger partial charge in [-0.15, -0.1) is 0 Å². The van der Waals surface area contributed by atoms with Gasteiger partial charge >= 0.3 is 11.9 Å². The topological polar surface area (TPSA) is 78.6 Å². The Balaban J connectivity index is 2.44. The number of halogens is 1. The van der Waals surface area contributed by atoms with E-state index in [0.29, 0.717) is 16.8 Å². The van der Waals surface area contributed by atoms with Crippen LogP contribution in [0.1, 0.15) is 30.1 Å². The lowest BCUT2D eigenvalue weighted by atomic mass is 10.2. The van der Waals surface area contributed by atoms with Crippen molar-refractivity contribution in [2.75, 3.05) is 18.9 Å². The summed E-state index contributed by atoms with van der Waals surface area (Å²) in [5.41, 5.74) is 6.33. The summed E-state index contributed by atoms with van der Waals surface area (Å²) in [6.07, 6.45) is 1.73. The second-order valence-corrected chi connectivity index (χ2v) is 4.84. The first kappa shape index (κ1) is 15.5. The normalized spacial score (nSPS) is 10.0. The number of nitrogens with two attached hydrogens (primary N) is 1. The zero-order valence-corrected chi connectivity index (χ0v) is 12.2. The molecule has 104 valence electrons. The molecule has 0 fully saturated rings. The van der Waals surface area contributed by atoms with Gasteiger partial charge in [-0.1, -0.05) is 29.3 Å².